The van der Waals surface area contributed by atoms with E-state index in [1.807, 2.05) is 0 Å². The van der Waals surface area contributed by atoms with Crippen LogP contribution in [0.1, 0.15) is 11.1 Å². The lowest BCUT2D eigenvalue weighted by Crippen LogP contribution is -2.20. The van der Waals surface area contributed by atoms with Gasteiger partial charge in [0.05, 0.1) is 0 Å². The molecule has 0 heterocycles. The second kappa shape index (κ2) is 15.2. The summed E-state index contributed by atoms with van der Waals surface area (Å²) in [4.78, 5) is 23.7. The Balaban J connectivity index is 1.27. The van der Waals surface area contributed by atoms with Crippen LogP contribution in [0.2, 0.25) is 0 Å². The highest BCUT2D eigenvalue weighted by atomic mass is 32.2. The summed E-state index contributed by atoms with van der Waals surface area (Å²) in [6.45, 7) is 7.36. The van der Waals surface area contributed by atoms with Crippen molar-refractivity contribution in [2.24, 2.45) is 0 Å². The molecule has 0 unspecified atom stereocenters. The minimum absolute atomic E-state index is 0.194. The Morgan fingerprint density at radius 2 is 0.840 bits per heavy atom. The molecule has 5 aromatic carbocycles. The fourth-order valence-corrected chi connectivity index (χ4v) is 7.08. The third kappa shape index (κ3) is 9.15. The van der Waals surface area contributed by atoms with Gasteiger partial charge in [-0.3, -0.25) is 0 Å². The molecule has 0 bridgehead atoms. The molecule has 0 saturated carbocycles. The van der Waals surface area contributed by atoms with Crippen molar-refractivity contribution < 1.29 is 34.8 Å². The molecule has 4 amide bonds. The number of anilines is 4. The molecule has 12 nitrogen and oxygen atoms in total. The topological polar surface area (TPSA) is 169 Å². The lowest BCUT2D eigenvalue weighted by atomic mass is 10.2. The van der Waals surface area contributed by atoms with Crippen molar-refractivity contribution in [3.63, 3.8) is 0 Å². The maximum Gasteiger partial charge on any atom is 0.340 e. The van der Waals surface area contributed by atoms with E-state index in [1.165, 1.54) is 60.7 Å². The smallest absolute Gasteiger partial charge is 0.340 e. The van der Waals surface area contributed by atoms with Crippen LogP contribution in [0.25, 0.3) is 12.2 Å². The van der Waals surface area contributed by atoms with Gasteiger partial charge in [-0.2, -0.15) is 16.8 Å². The zero-order chi connectivity index (χ0) is 35.7. The van der Waals surface area contributed by atoms with E-state index in [0.29, 0.717) is 11.4 Å². The Morgan fingerprint density at radius 1 is 0.480 bits per heavy atom. The SMILES string of the molecule is C=Cc1ccc(NC(=O)Nc2cccc(OS(=O)(=O)c3ccccc3S(=O)(=O)Oc3cccc(NC(=O)Nc4ccc(C=C)cc4)c3)c2)cc1. The molecule has 254 valence electrons. The van der Waals surface area contributed by atoms with Gasteiger partial charge in [0.1, 0.15) is 21.3 Å². The first-order valence-corrected chi connectivity index (χ1v) is 17.5. The number of benzene rings is 5. The van der Waals surface area contributed by atoms with Crippen LogP contribution in [0.3, 0.4) is 0 Å². The maximum atomic E-state index is 13.4. The van der Waals surface area contributed by atoms with E-state index in [0.717, 1.165) is 23.3 Å². The zero-order valence-corrected chi connectivity index (χ0v) is 27.8. The predicted octanol–water partition coefficient (Wildman–Crippen LogP) is 7.80. The average Bonchev–Trinajstić information content (AvgIpc) is 3.09. The third-order valence-electron chi connectivity index (χ3n) is 6.79. The molecule has 0 saturated heterocycles. The van der Waals surface area contributed by atoms with Gasteiger partial charge in [0, 0.05) is 34.9 Å². The largest absolute Gasteiger partial charge is 0.379 e. The lowest BCUT2D eigenvalue weighted by Gasteiger charge is -2.14. The van der Waals surface area contributed by atoms with Crippen LogP contribution in [0.5, 0.6) is 11.5 Å². The normalized spacial score (nSPS) is 11.0. The van der Waals surface area contributed by atoms with Gasteiger partial charge in [-0.05, 0) is 71.8 Å². The molecule has 0 aromatic heterocycles. The summed E-state index contributed by atoms with van der Waals surface area (Å²) in [5.41, 5.74) is 3.19. The molecule has 0 aliphatic heterocycles. The highest BCUT2D eigenvalue weighted by molar-refractivity contribution is 7.90. The van der Waals surface area contributed by atoms with E-state index >= 15 is 0 Å². The fraction of sp³-hybridized carbons (Fsp3) is 0. The number of rotatable bonds is 12. The van der Waals surface area contributed by atoms with E-state index in [4.69, 9.17) is 8.37 Å². The first-order valence-electron chi connectivity index (χ1n) is 14.7. The van der Waals surface area contributed by atoms with Crippen LogP contribution in [0.4, 0.5) is 32.3 Å². The number of nitrogens with one attached hydrogen (secondary N) is 4. The zero-order valence-electron chi connectivity index (χ0n) is 26.2. The Morgan fingerprint density at radius 3 is 1.20 bits per heavy atom. The van der Waals surface area contributed by atoms with Gasteiger partial charge in [0.2, 0.25) is 0 Å². The summed E-state index contributed by atoms with van der Waals surface area (Å²) < 4.78 is 64.2. The van der Waals surface area contributed by atoms with Crippen molar-refractivity contribution in [3.05, 3.63) is 146 Å². The van der Waals surface area contributed by atoms with Gasteiger partial charge in [-0.15, -0.1) is 0 Å². The summed E-state index contributed by atoms with van der Waals surface area (Å²) >= 11 is 0. The van der Waals surface area contributed by atoms with E-state index in [-0.39, 0.29) is 22.9 Å². The van der Waals surface area contributed by atoms with Gasteiger partial charge in [0.15, 0.2) is 0 Å². The van der Waals surface area contributed by atoms with Gasteiger partial charge in [-0.1, -0.05) is 73.8 Å². The van der Waals surface area contributed by atoms with Crippen molar-refractivity contribution in [2.75, 3.05) is 21.3 Å². The van der Waals surface area contributed by atoms with E-state index in [2.05, 4.69) is 34.4 Å². The van der Waals surface area contributed by atoms with Crippen LogP contribution in [0.15, 0.2) is 144 Å². The fourth-order valence-electron chi connectivity index (χ4n) is 4.45. The van der Waals surface area contributed by atoms with Crippen molar-refractivity contribution in [3.8, 4) is 11.5 Å². The van der Waals surface area contributed by atoms with Gasteiger partial charge in [-0.25, -0.2) is 9.59 Å². The molecule has 5 rings (SSSR count). The van der Waals surface area contributed by atoms with Crippen molar-refractivity contribution in [1.82, 2.24) is 0 Å². The van der Waals surface area contributed by atoms with Crippen LogP contribution in [-0.2, 0) is 20.2 Å². The maximum absolute atomic E-state index is 13.4. The van der Waals surface area contributed by atoms with Crippen LogP contribution >= 0.6 is 0 Å². The van der Waals surface area contributed by atoms with Crippen LogP contribution < -0.4 is 29.6 Å². The van der Waals surface area contributed by atoms with Crippen molar-refractivity contribution in [1.29, 1.82) is 0 Å². The van der Waals surface area contributed by atoms with Crippen molar-refractivity contribution >= 4 is 67.2 Å². The quantitative estimate of drug-likeness (QED) is 0.0951. The first kappa shape index (κ1) is 34.9. The second-order valence-electron chi connectivity index (χ2n) is 10.4. The number of hydrogen-bond donors (Lipinski definition) is 4. The Kier molecular flexibility index (Phi) is 10.6. The molecule has 14 heteroatoms. The van der Waals surface area contributed by atoms with E-state index < -0.39 is 42.1 Å². The number of carbonyl (C=O) groups is 2. The second-order valence-corrected chi connectivity index (χ2v) is 13.4. The van der Waals surface area contributed by atoms with E-state index in [9.17, 15) is 26.4 Å². The predicted molar refractivity (Wildman–Crippen MR) is 193 cm³/mol. The summed E-state index contributed by atoms with van der Waals surface area (Å²) in [5.74, 6) is -0.389. The highest BCUT2D eigenvalue weighted by Gasteiger charge is 2.30. The monoisotopic (exact) mass is 710 g/mol. The Labute approximate surface area is 289 Å². The molecule has 4 N–H and O–H groups in total. The molecule has 0 spiro atoms. The first-order chi connectivity index (χ1) is 23.9. The molecule has 0 atom stereocenters. The van der Waals surface area contributed by atoms with E-state index in [1.54, 1.807) is 60.7 Å². The Bertz CT molecular complexity index is 2110. The number of urea groups is 2. The summed E-state index contributed by atoms with van der Waals surface area (Å²) in [6, 6.07) is 28.5. The van der Waals surface area contributed by atoms with Crippen LogP contribution in [-0.4, -0.2) is 28.9 Å². The van der Waals surface area contributed by atoms with Crippen LogP contribution in [0, 0.1) is 0 Å². The van der Waals surface area contributed by atoms with Gasteiger partial charge < -0.3 is 29.6 Å². The van der Waals surface area contributed by atoms with Crippen molar-refractivity contribution in [2.45, 2.75) is 9.79 Å². The number of amides is 4. The number of carbonyl (C=O) groups excluding carboxylic acids is 2. The molecule has 5 aromatic rings. The minimum atomic E-state index is -4.74. The average molecular weight is 711 g/mol. The summed E-state index contributed by atoms with van der Waals surface area (Å²) in [6.07, 6.45) is 3.33. The third-order valence-corrected chi connectivity index (χ3v) is 9.53. The molecular weight excluding hydrogens is 681 g/mol. The Hall–Kier alpha value is -6.38. The highest BCUT2D eigenvalue weighted by Crippen LogP contribution is 2.29. The number of hydrogen-bond acceptors (Lipinski definition) is 8. The summed E-state index contributed by atoms with van der Waals surface area (Å²) in [5, 5.41) is 10.5. The molecular formula is C36H30N4O8S2. The van der Waals surface area contributed by atoms with Gasteiger partial charge >= 0.3 is 32.3 Å². The molecule has 0 radical (unpaired) electrons. The molecule has 0 aliphatic carbocycles. The van der Waals surface area contributed by atoms with Gasteiger partial charge in [0.25, 0.3) is 0 Å². The molecule has 0 fully saturated rings. The molecule has 0 aliphatic rings. The molecule has 50 heavy (non-hydrogen) atoms. The summed E-state index contributed by atoms with van der Waals surface area (Å²) in [7, 11) is -9.49. The standard InChI is InChI=1S/C36H30N4O8S2/c1-3-25-15-19-27(20-16-25)37-35(41)39-29-9-7-11-31(23-29)47-49(43,44)33-13-5-6-14-34(33)50(45,46)48-32-12-8-10-30(24-32)40-36(42)38-28-21-17-26(4-2)18-22-28/h3-24H,1-2H2,(H2,37,39,41)(H2,38,40,42). The minimum Gasteiger partial charge on any atom is -0.379 e. The lowest BCUT2D eigenvalue weighted by molar-refractivity contribution is 0.261.